The van der Waals surface area contributed by atoms with Crippen LogP contribution in [0.25, 0.3) is 10.9 Å². The molecule has 0 bridgehead atoms. The fourth-order valence-electron chi connectivity index (χ4n) is 3.17. The van der Waals surface area contributed by atoms with Crippen LogP contribution in [0.1, 0.15) is 23.6 Å². The molecular weight excluding hydrogens is 298 g/mol. The topological polar surface area (TPSA) is 45.2 Å². The summed E-state index contributed by atoms with van der Waals surface area (Å²) >= 11 is 0. The van der Waals surface area contributed by atoms with Crippen LogP contribution in [0.15, 0.2) is 54.7 Å². The van der Waals surface area contributed by atoms with E-state index in [1.807, 2.05) is 17.2 Å². The molecule has 0 atom stereocenters. The number of carbonyl (C=O) groups is 1. The Labute approximate surface area is 141 Å². The summed E-state index contributed by atoms with van der Waals surface area (Å²) in [6, 6.07) is 16.7. The summed E-state index contributed by atoms with van der Waals surface area (Å²) in [5.41, 5.74) is 5.81. The van der Waals surface area contributed by atoms with E-state index < -0.39 is 0 Å². The molecule has 1 aliphatic rings. The molecule has 4 heteroatoms. The van der Waals surface area contributed by atoms with Gasteiger partial charge in [-0.2, -0.15) is 0 Å². The third-order valence-electron chi connectivity index (χ3n) is 4.54. The Hall–Kier alpha value is -2.88. The highest BCUT2D eigenvalue weighted by atomic mass is 16.2. The van der Waals surface area contributed by atoms with E-state index in [1.165, 1.54) is 16.7 Å². The van der Waals surface area contributed by atoms with Gasteiger partial charge in [-0.05, 0) is 47.0 Å². The van der Waals surface area contributed by atoms with Crippen molar-refractivity contribution in [3.63, 3.8) is 0 Å². The maximum Gasteiger partial charge on any atom is 0.220 e. The minimum Gasteiger partial charge on any atom is -0.381 e. The van der Waals surface area contributed by atoms with Gasteiger partial charge in [-0.25, -0.2) is 0 Å². The van der Waals surface area contributed by atoms with E-state index in [0.29, 0.717) is 6.54 Å². The second kappa shape index (κ2) is 5.96. The molecule has 1 aromatic heterocycles. The van der Waals surface area contributed by atoms with Crippen molar-refractivity contribution in [3.8, 4) is 0 Å². The van der Waals surface area contributed by atoms with E-state index in [2.05, 4.69) is 52.8 Å². The Balaban J connectivity index is 1.48. The van der Waals surface area contributed by atoms with Crippen LogP contribution >= 0.6 is 0 Å². The van der Waals surface area contributed by atoms with E-state index >= 15 is 0 Å². The number of carbonyl (C=O) groups excluding carboxylic acids is 1. The lowest BCUT2D eigenvalue weighted by Crippen LogP contribution is -2.21. The third kappa shape index (κ3) is 2.83. The van der Waals surface area contributed by atoms with Crippen molar-refractivity contribution in [3.05, 3.63) is 71.4 Å². The largest absolute Gasteiger partial charge is 0.381 e. The molecule has 1 N–H and O–H groups in total. The second-order valence-corrected chi connectivity index (χ2v) is 6.24. The quantitative estimate of drug-likeness (QED) is 0.801. The molecule has 4 nitrogen and oxygen atoms in total. The van der Waals surface area contributed by atoms with Gasteiger partial charge in [-0.15, -0.1) is 0 Å². The molecule has 0 spiro atoms. The van der Waals surface area contributed by atoms with Crippen LogP contribution in [0.3, 0.4) is 0 Å². The summed E-state index contributed by atoms with van der Waals surface area (Å²) in [6.07, 6.45) is 1.81. The van der Waals surface area contributed by atoms with Crippen LogP contribution in [-0.2, 0) is 24.4 Å². The molecule has 24 heavy (non-hydrogen) atoms. The Morgan fingerprint density at radius 1 is 1.12 bits per heavy atom. The number of rotatable bonds is 3. The molecule has 3 aromatic rings. The van der Waals surface area contributed by atoms with E-state index in [1.54, 1.807) is 6.92 Å². The van der Waals surface area contributed by atoms with Crippen molar-refractivity contribution in [1.82, 2.24) is 9.88 Å². The number of anilines is 1. The number of fused-ring (bicyclic) bond motifs is 2. The van der Waals surface area contributed by atoms with E-state index in [4.69, 9.17) is 0 Å². The van der Waals surface area contributed by atoms with Crippen LogP contribution in [0.4, 0.5) is 5.69 Å². The van der Waals surface area contributed by atoms with Gasteiger partial charge < -0.3 is 10.2 Å². The summed E-state index contributed by atoms with van der Waals surface area (Å²) < 4.78 is 0. The number of aromatic nitrogens is 1. The Morgan fingerprint density at radius 2 is 2.00 bits per heavy atom. The molecule has 120 valence electrons. The monoisotopic (exact) mass is 317 g/mol. The first-order valence-electron chi connectivity index (χ1n) is 8.14. The summed E-state index contributed by atoms with van der Waals surface area (Å²) in [4.78, 5) is 17.7. The summed E-state index contributed by atoms with van der Waals surface area (Å²) in [5, 5.41) is 4.63. The highest BCUT2D eigenvalue weighted by Crippen LogP contribution is 2.26. The lowest BCUT2D eigenvalue weighted by atomic mass is 10.1. The molecular formula is C20H19N3O. The lowest BCUT2D eigenvalue weighted by molar-refractivity contribution is -0.129. The SMILES string of the molecule is CC(=O)N1Cc2ccc(NCc3ccc4ncccc4c3)cc2C1. The molecule has 1 amide bonds. The van der Waals surface area contributed by atoms with E-state index in [-0.39, 0.29) is 5.91 Å². The minimum absolute atomic E-state index is 0.130. The van der Waals surface area contributed by atoms with E-state index in [9.17, 15) is 4.79 Å². The molecule has 0 saturated carbocycles. The summed E-state index contributed by atoms with van der Waals surface area (Å²) in [5.74, 6) is 0.130. The first-order valence-corrected chi connectivity index (χ1v) is 8.14. The van der Waals surface area contributed by atoms with Gasteiger partial charge >= 0.3 is 0 Å². The average molecular weight is 317 g/mol. The van der Waals surface area contributed by atoms with Crippen LogP contribution < -0.4 is 5.32 Å². The number of nitrogens with one attached hydrogen (secondary N) is 1. The van der Waals surface area contributed by atoms with Crippen molar-refractivity contribution < 1.29 is 4.79 Å². The molecule has 4 rings (SSSR count). The Morgan fingerprint density at radius 3 is 2.88 bits per heavy atom. The number of hydrogen-bond acceptors (Lipinski definition) is 3. The zero-order valence-corrected chi connectivity index (χ0v) is 13.6. The normalized spacial score (nSPS) is 13.1. The van der Waals surface area contributed by atoms with Crippen molar-refractivity contribution in [1.29, 1.82) is 0 Å². The van der Waals surface area contributed by atoms with Gasteiger partial charge in [-0.1, -0.05) is 18.2 Å². The minimum atomic E-state index is 0.130. The number of pyridine rings is 1. The first kappa shape index (κ1) is 14.7. The Bertz CT molecular complexity index is 920. The van der Waals surface area contributed by atoms with Gasteiger partial charge in [0.25, 0.3) is 0 Å². The fraction of sp³-hybridized carbons (Fsp3) is 0.200. The Kier molecular flexibility index (Phi) is 3.65. The summed E-state index contributed by atoms with van der Waals surface area (Å²) in [6.45, 7) is 3.82. The zero-order valence-electron chi connectivity index (χ0n) is 13.6. The maximum atomic E-state index is 11.5. The van der Waals surface area contributed by atoms with Crippen molar-refractivity contribution in [2.45, 2.75) is 26.6 Å². The molecule has 2 heterocycles. The molecule has 0 fully saturated rings. The molecule has 0 unspecified atom stereocenters. The zero-order chi connectivity index (χ0) is 16.5. The van der Waals surface area contributed by atoms with Gasteiger partial charge in [0.2, 0.25) is 5.91 Å². The number of benzene rings is 2. The van der Waals surface area contributed by atoms with Gasteiger partial charge in [-0.3, -0.25) is 9.78 Å². The van der Waals surface area contributed by atoms with Crippen molar-refractivity contribution in [2.24, 2.45) is 0 Å². The third-order valence-corrected chi connectivity index (χ3v) is 4.54. The van der Waals surface area contributed by atoms with Gasteiger partial charge in [0.1, 0.15) is 0 Å². The number of nitrogens with zero attached hydrogens (tertiary/aromatic N) is 2. The van der Waals surface area contributed by atoms with Gasteiger partial charge in [0.15, 0.2) is 0 Å². The average Bonchev–Trinajstić information content (AvgIpc) is 3.03. The first-order chi connectivity index (χ1) is 11.7. The molecule has 2 aromatic carbocycles. The van der Waals surface area contributed by atoms with Crippen LogP contribution in [-0.4, -0.2) is 15.8 Å². The molecule has 0 aliphatic carbocycles. The fourth-order valence-corrected chi connectivity index (χ4v) is 3.17. The standard InChI is InChI=1S/C20H19N3O/c1-14(24)23-12-17-5-6-19(10-18(17)13-23)22-11-15-4-7-20-16(9-15)3-2-8-21-20/h2-10,22H,11-13H2,1H3. The highest BCUT2D eigenvalue weighted by molar-refractivity contribution is 5.79. The lowest BCUT2D eigenvalue weighted by Gasteiger charge is -2.11. The predicted molar refractivity (Wildman–Crippen MR) is 95.4 cm³/mol. The van der Waals surface area contributed by atoms with Crippen LogP contribution in [0.5, 0.6) is 0 Å². The summed E-state index contributed by atoms with van der Waals surface area (Å²) in [7, 11) is 0. The second-order valence-electron chi connectivity index (χ2n) is 6.24. The smallest absolute Gasteiger partial charge is 0.220 e. The predicted octanol–water partition coefficient (Wildman–Crippen LogP) is 3.71. The molecule has 0 radical (unpaired) electrons. The molecule has 0 saturated heterocycles. The van der Waals surface area contributed by atoms with Gasteiger partial charge in [0.05, 0.1) is 5.52 Å². The van der Waals surface area contributed by atoms with Gasteiger partial charge in [0, 0.05) is 43.8 Å². The number of amides is 1. The maximum absolute atomic E-state index is 11.5. The van der Waals surface area contributed by atoms with Crippen molar-refractivity contribution in [2.75, 3.05) is 5.32 Å². The highest BCUT2D eigenvalue weighted by Gasteiger charge is 2.20. The molecule has 1 aliphatic heterocycles. The van der Waals surface area contributed by atoms with Crippen LogP contribution in [0, 0.1) is 0 Å². The van der Waals surface area contributed by atoms with Crippen molar-refractivity contribution >= 4 is 22.5 Å². The van der Waals surface area contributed by atoms with Crippen LogP contribution in [0.2, 0.25) is 0 Å². The van der Waals surface area contributed by atoms with E-state index in [0.717, 1.165) is 29.7 Å². The number of hydrogen-bond donors (Lipinski definition) is 1.